The first kappa shape index (κ1) is 15.8. The van der Waals surface area contributed by atoms with Crippen LogP contribution in [0.15, 0.2) is 35.3 Å². The molecule has 0 amide bonds. The van der Waals surface area contributed by atoms with Gasteiger partial charge >= 0.3 is 6.18 Å². The highest BCUT2D eigenvalue weighted by Crippen LogP contribution is 2.38. The van der Waals surface area contributed by atoms with Crippen molar-refractivity contribution in [3.05, 3.63) is 40.8 Å². The van der Waals surface area contributed by atoms with Gasteiger partial charge in [0.05, 0.1) is 5.92 Å². The lowest BCUT2D eigenvalue weighted by Crippen LogP contribution is -2.48. The average Bonchev–Trinajstić information content (AvgIpc) is 2.53. The van der Waals surface area contributed by atoms with Gasteiger partial charge in [-0.3, -0.25) is 9.20 Å². The standard InChI is InChI=1S/C15H17F3N4O/c16-15(17,18)11-4-6-21(9-10(11)8-19)13-7-14(23)22-5-2-1-3-12(22)20-13/h1-3,5,7,10-11H,4,6,8-9,19H2. The van der Waals surface area contributed by atoms with Gasteiger partial charge in [0.25, 0.3) is 5.56 Å². The maximum absolute atomic E-state index is 13.0. The number of fused-ring (bicyclic) bond motifs is 1. The number of alkyl halides is 3. The lowest BCUT2D eigenvalue weighted by molar-refractivity contribution is -0.191. The van der Waals surface area contributed by atoms with Gasteiger partial charge in [0.1, 0.15) is 11.5 Å². The maximum Gasteiger partial charge on any atom is 0.392 e. The van der Waals surface area contributed by atoms with E-state index in [1.54, 1.807) is 29.3 Å². The van der Waals surface area contributed by atoms with Gasteiger partial charge in [0.15, 0.2) is 0 Å². The number of hydrogen-bond acceptors (Lipinski definition) is 4. The smallest absolute Gasteiger partial charge is 0.356 e. The van der Waals surface area contributed by atoms with Crippen LogP contribution in [-0.2, 0) is 0 Å². The minimum Gasteiger partial charge on any atom is -0.356 e. The lowest BCUT2D eigenvalue weighted by atomic mass is 9.85. The zero-order chi connectivity index (χ0) is 16.6. The van der Waals surface area contributed by atoms with Crippen LogP contribution in [0.3, 0.4) is 0 Å². The Morgan fingerprint density at radius 3 is 2.83 bits per heavy atom. The van der Waals surface area contributed by atoms with Gasteiger partial charge in [-0.15, -0.1) is 0 Å². The predicted molar refractivity (Wildman–Crippen MR) is 80.4 cm³/mol. The van der Waals surface area contributed by atoms with E-state index in [-0.39, 0.29) is 31.6 Å². The Bertz CT molecular complexity index is 758. The number of pyridine rings is 1. The number of rotatable bonds is 2. The largest absolute Gasteiger partial charge is 0.392 e. The Morgan fingerprint density at radius 2 is 2.13 bits per heavy atom. The monoisotopic (exact) mass is 326 g/mol. The fraction of sp³-hybridized carbons (Fsp3) is 0.467. The summed E-state index contributed by atoms with van der Waals surface area (Å²) in [6, 6.07) is 6.52. The first-order valence-corrected chi connectivity index (χ1v) is 7.40. The summed E-state index contributed by atoms with van der Waals surface area (Å²) in [4.78, 5) is 18.2. The number of piperidine rings is 1. The molecule has 1 aliphatic rings. The Labute approximate surface area is 130 Å². The van der Waals surface area contributed by atoms with Crippen molar-refractivity contribution in [3.8, 4) is 0 Å². The van der Waals surface area contributed by atoms with Gasteiger partial charge < -0.3 is 10.6 Å². The van der Waals surface area contributed by atoms with E-state index in [4.69, 9.17) is 5.73 Å². The highest BCUT2D eigenvalue weighted by atomic mass is 19.4. The molecule has 3 rings (SSSR count). The molecular weight excluding hydrogens is 309 g/mol. The van der Waals surface area contributed by atoms with Crippen LogP contribution < -0.4 is 16.2 Å². The third-order valence-electron chi connectivity index (χ3n) is 4.34. The number of nitrogens with two attached hydrogens (primary N) is 1. The summed E-state index contributed by atoms with van der Waals surface area (Å²) in [6.07, 6.45) is -2.68. The van der Waals surface area contributed by atoms with Crippen LogP contribution in [0.2, 0.25) is 0 Å². The molecule has 8 heteroatoms. The molecule has 2 aromatic rings. The number of anilines is 1. The summed E-state index contributed by atoms with van der Waals surface area (Å²) in [6.45, 7) is 0.305. The molecule has 0 saturated carbocycles. The first-order chi connectivity index (χ1) is 10.9. The zero-order valence-electron chi connectivity index (χ0n) is 12.3. The summed E-state index contributed by atoms with van der Waals surface area (Å²) < 4.78 is 40.5. The molecule has 0 aromatic carbocycles. The molecule has 1 fully saturated rings. The van der Waals surface area contributed by atoms with Crippen molar-refractivity contribution in [1.29, 1.82) is 0 Å². The molecule has 23 heavy (non-hydrogen) atoms. The van der Waals surface area contributed by atoms with E-state index >= 15 is 0 Å². The zero-order valence-corrected chi connectivity index (χ0v) is 12.3. The summed E-state index contributed by atoms with van der Waals surface area (Å²) in [5, 5.41) is 0. The van der Waals surface area contributed by atoms with Crippen LogP contribution in [0.5, 0.6) is 0 Å². The van der Waals surface area contributed by atoms with Crippen LogP contribution in [0.25, 0.3) is 5.65 Å². The van der Waals surface area contributed by atoms with E-state index < -0.39 is 18.0 Å². The van der Waals surface area contributed by atoms with Gasteiger partial charge in [0, 0.05) is 31.3 Å². The summed E-state index contributed by atoms with van der Waals surface area (Å²) in [7, 11) is 0. The second-order valence-electron chi connectivity index (χ2n) is 5.76. The highest BCUT2D eigenvalue weighted by Gasteiger charge is 2.46. The predicted octanol–water partition coefficient (Wildman–Crippen LogP) is 1.66. The summed E-state index contributed by atoms with van der Waals surface area (Å²) in [5.41, 5.74) is 5.75. The molecule has 2 N–H and O–H groups in total. The molecule has 0 radical (unpaired) electrons. The van der Waals surface area contributed by atoms with Crippen molar-refractivity contribution in [2.75, 3.05) is 24.5 Å². The van der Waals surface area contributed by atoms with Crippen LogP contribution in [-0.4, -0.2) is 35.2 Å². The van der Waals surface area contributed by atoms with Crippen molar-refractivity contribution in [3.63, 3.8) is 0 Å². The van der Waals surface area contributed by atoms with Crippen LogP contribution in [0.4, 0.5) is 19.0 Å². The molecule has 2 unspecified atom stereocenters. The Balaban J connectivity index is 1.90. The van der Waals surface area contributed by atoms with E-state index in [9.17, 15) is 18.0 Å². The summed E-state index contributed by atoms with van der Waals surface area (Å²) in [5.74, 6) is -1.69. The average molecular weight is 326 g/mol. The number of aromatic nitrogens is 2. The highest BCUT2D eigenvalue weighted by molar-refractivity contribution is 5.48. The van der Waals surface area contributed by atoms with Crippen molar-refractivity contribution < 1.29 is 13.2 Å². The molecule has 0 spiro atoms. The fourth-order valence-corrected chi connectivity index (χ4v) is 3.11. The lowest BCUT2D eigenvalue weighted by Gasteiger charge is -2.39. The minimum atomic E-state index is -4.24. The first-order valence-electron chi connectivity index (χ1n) is 7.40. The molecular formula is C15H17F3N4O. The molecule has 3 heterocycles. The van der Waals surface area contributed by atoms with Crippen molar-refractivity contribution in [1.82, 2.24) is 9.38 Å². The van der Waals surface area contributed by atoms with Gasteiger partial charge in [-0.2, -0.15) is 13.2 Å². The quantitative estimate of drug-likeness (QED) is 0.912. The fourth-order valence-electron chi connectivity index (χ4n) is 3.11. The maximum atomic E-state index is 13.0. The molecule has 1 aliphatic heterocycles. The van der Waals surface area contributed by atoms with E-state index in [1.165, 1.54) is 10.5 Å². The van der Waals surface area contributed by atoms with Crippen molar-refractivity contribution in [2.24, 2.45) is 17.6 Å². The normalized spacial score (nSPS) is 22.5. The van der Waals surface area contributed by atoms with Crippen molar-refractivity contribution in [2.45, 2.75) is 12.6 Å². The SMILES string of the molecule is NCC1CN(c2cc(=O)n3ccccc3n2)CCC1C(F)(F)F. The number of hydrogen-bond donors (Lipinski definition) is 1. The van der Waals surface area contributed by atoms with E-state index in [1.807, 2.05) is 0 Å². The summed E-state index contributed by atoms with van der Waals surface area (Å²) >= 11 is 0. The van der Waals surface area contributed by atoms with E-state index in [0.29, 0.717) is 11.5 Å². The number of nitrogens with zero attached hydrogens (tertiary/aromatic N) is 3. The molecule has 5 nitrogen and oxygen atoms in total. The second-order valence-corrected chi connectivity index (χ2v) is 5.76. The molecule has 1 saturated heterocycles. The molecule has 124 valence electrons. The van der Waals surface area contributed by atoms with Gasteiger partial charge in [-0.05, 0) is 25.1 Å². The molecule has 2 atom stereocenters. The van der Waals surface area contributed by atoms with Gasteiger partial charge in [-0.25, -0.2) is 4.98 Å². The van der Waals surface area contributed by atoms with Gasteiger partial charge in [0.2, 0.25) is 0 Å². The Morgan fingerprint density at radius 1 is 1.35 bits per heavy atom. The second kappa shape index (κ2) is 5.84. The van der Waals surface area contributed by atoms with Crippen molar-refractivity contribution >= 4 is 11.5 Å². The van der Waals surface area contributed by atoms with Gasteiger partial charge in [-0.1, -0.05) is 6.07 Å². The Kier molecular flexibility index (Phi) is 4.01. The van der Waals surface area contributed by atoms with Crippen LogP contribution in [0.1, 0.15) is 6.42 Å². The van der Waals surface area contributed by atoms with Crippen LogP contribution in [0, 0.1) is 11.8 Å². The topological polar surface area (TPSA) is 63.6 Å². The van der Waals surface area contributed by atoms with Crippen LogP contribution >= 0.6 is 0 Å². The molecule has 2 aromatic heterocycles. The van der Waals surface area contributed by atoms with E-state index in [2.05, 4.69) is 4.98 Å². The van der Waals surface area contributed by atoms with E-state index in [0.717, 1.165) is 0 Å². The molecule has 0 bridgehead atoms. The third kappa shape index (κ3) is 3.03. The third-order valence-corrected chi connectivity index (χ3v) is 4.34. The molecule has 0 aliphatic carbocycles. The Hall–Kier alpha value is -2.09. The minimum absolute atomic E-state index is 0.0405. The number of halogens is 3.